The third-order valence-corrected chi connectivity index (χ3v) is 4.10. The molecule has 1 aliphatic carbocycles. The molecule has 4 nitrogen and oxygen atoms in total. The standard InChI is InChI=1S/C13H26N2O2/c1-13(14-2,12(16)17-4)9-10-15(3)11-7-5-6-8-11/h11,14H,5-10H2,1-4H3. The van der Waals surface area contributed by atoms with E-state index in [1.54, 1.807) is 0 Å². The molecule has 0 aliphatic heterocycles. The Morgan fingerprint density at radius 1 is 1.47 bits per heavy atom. The Hall–Kier alpha value is -0.610. The molecule has 0 aromatic heterocycles. The lowest BCUT2D eigenvalue weighted by atomic mass is 9.97. The van der Waals surface area contributed by atoms with Gasteiger partial charge in [-0.15, -0.1) is 0 Å². The van der Waals surface area contributed by atoms with Crippen LogP contribution in [0.15, 0.2) is 0 Å². The highest BCUT2D eigenvalue weighted by Crippen LogP contribution is 2.23. The third kappa shape index (κ3) is 3.68. The number of methoxy groups -OCH3 is 1. The van der Waals surface area contributed by atoms with E-state index in [2.05, 4.69) is 17.3 Å². The molecule has 1 fully saturated rings. The molecule has 0 aromatic carbocycles. The SMILES string of the molecule is CNC(C)(CCN(C)C1CCCC1)C(=O)OC. The van der Waals surface area contributed by atoms with Gasteiger partial charge in [-0.3, -0.25) is 4.79 Å². The van der Waals surface area contributed by atoms with Crippen LogP contribution in [0.4, 0.5) is 0 Å². The van der Waals surface area contributed by atoms with E-state index < -0.39 is 5.54 Å². The number of esters is 1. The summed E-state index contributed by atoms with van der Waals surface area (Å²) in [5, 5.41) is 3.07. The second-order valence-corrected chi connectivity index (χ2v) is 5.24. The van der Waals surface area contributed by atoms with Crippen molar-refractivity contribution in [2.24, 2.45) is 0 Å². The fourth-order valence-corrected chi connectivity index (χ4v) is 2.48. The average molecular weight is 242 g/mol. The van der Waals surface area contributed by atoms with Crippen molar-refractivity contribution in [3.05, 3.63) is 0 Å². The van der Waals surface area contributed by atoms with E-state index in [-0.39, 0.29) is 5.97 Å². The molecule has 17 heavy (non-hydrogen) atoms. The van der Waals surface area contributed by atoms with Crippen LogP contribution in [-0.4, -0.2) is 50.2 Å². The van der Waals surface area contributed by atoms with Crippen LogP contribution >= 0.6 is 0 Å². The fraction of sp³-hybridized carbons (Fsp3) is 0.923. The molecule has 0 aromatic rings. The average Bonchev–Trinajstić information content (AvgIpc) is 2.88. The summed E-state index contributed by atoms with van der Waals surface area (Å²) in [6.07, 6.45) is 6.06. The molecule has 1 aliphatic rings. The number of nitrogens with one attached hydrogen (secondary N) is 1. The van der Waals surface area contributed by atoms with E-state index in [9.17, 15) is 4.79 Å². The molecule has 1 N–H and O–H groups in total. The van der Waals surface area contributed by atoms with E-state index >= 15 is 0 Å². The molecule has 1 saturated carbocycles. The molecular formula is C13H26N2O2. The van der Waals surface area contributed by atoms with E-state index in [0.29, 0.717) is 6.04 Å². The lowest BCUT2D eigenvalue weighted by molar-refractivity contribution is -0.148. The van der Waals surface area contributed by atoms with Crippen LogP contribution in [0.3, 0.4) is 0 Å². The smallest absolute Gasteiger partial charge is 0.325 e. The van der Waals surface area contributed by atoms with Crippen LogP contribution in [-0.2, 0) is 9.53 Å². The quantitative estimate of drug-likeness (QED) is 0.715. The lowest BCUT2D eigenvalue weighted by Gasteiger charge is -2.30. The summed E-state index contributed by atoms with van der Waals surface area (Å²) in [4.78, 5) is 14.1. The van der Waals surface area contributed by atoms with Crippen molar-refractivity contribution in [3.63, 3.8) is 0 Å². The topological polar surface area (TPSA) is 41.6 Å². The number of ether oxygens (including phenoxy) is 1. The van der Waals surface area contributed by atoms with Gasteiger partial charge in [0.15, 0.2) is 0 Å². The summed E-state index contributed by atoms with van der Waals surface area (Å²) in [5.41, 5.74) is -0.568. The van der Waals surface area contributed by atoms with Gasteiger partial charge in [-0.2, -0.15) is 0 Å². The second kappa shape index (κ2) is 6.36. The maximum absolute atomic E-state index is 11.7. The van der Waals surface area contributed by atoms with Crippen molar-refractivity contribution in [2.75, 3.05) is 27.7 Å². The maximum Gasteiger partial charge on any atom is 0.325 e. The molecule has 0 radical (unpaired) electrons. The first-order chi connectivity index (χ1) is 8.03. The number of nitrogens with zero attached hydrogens (tertiary/aromatic N) is 1. The van der Waals surface area contributed by atoms with Crippen LogP contribution in [0, 0.1) is 0 Å². The van der Waals surface area contributed by atoms with Crippen LogP contribution < -0.4 is 5.32 Å². The molecule has 100 valence electrons. The van der Waals surface area contributed by atoms with Crippen molar-refractivity contribution >= 4 is 5.97 Å². The van der Waals surface area contributed by atoms with Gasteiger partial charge in [0.25, 0.3) is 0 Å². The summed E-state index contributed by atoms with van der Waals surface area (Å²) >= 11 is 0. The highest BCUT2D eigenvalue weighted by atomic mass is 16.5. The third-order valence-electron chi connectivity index (χ3n) is 4.10. The summed E-state index contributed by atoms with van der Waals surface area (Å²) in [7, 11) is 5.41. The largest absolute Gasteiger partial charge is 0.468 e. The Balaban J connectivity index is 2.43. The molecule has 1 unspecified atom stereocenters. The number of carbonyl (C=O) groups is 1. The second-order valence-electron chi connectivity index (χ2n) is 5.24. The minimum Gasteiger partial charge on any atom is -0.468 e. The zero-order valence-electron chi connectivity index (χ0n) is 11.6. The van der Waals surface area contributed by atoms with E-state index in [1.165, 1.54) is 32.8 Å². The summed E-state index contributed by atoms with van der Waals surface area (Å²) in [6.45, 7) is 2.83. The van der Waals surface area contributed by atoms with E-state index in [1.807, 2.05) is 14.0 Å². The molecule has 1 atom stereocenters. The number of hydrogen-bond acceptors (Lipinski definition) is 4. The molecule has 0 heterocycles. The zero-order valence-corrected chi connectivity index (χ0v) is 11.6. The van der Waals surface area contributed by atoms with Gasteiger partial charge in [0, 0.05) is 12.6 Å². The van der Waals surface area contributed by atoms with Gasteiger partial charge in [0.1, 0.15) is 5.54 Å². The fourth-order valence-electron chi connectivity index (χ4n) is 2.48. The minimum absolute atomic E-state index is 0.181. The maximum atomic E-state index is 11.7. The van der Waals surface area contributed by atoms with Gasteiger partial charge in [0.2, 0.25) is 0 Å². The normalized spacial score (nSPS) is 20.5. The Kier molecular flexibility index (Phi) is 5.40. The van der Waals surface area contributed by atoms with Gasteiger partial charge in [-0.1, -0.05) is 12.8 Å². The van der Waals surface area contributed by atoms with Crippen LogP contribution in [0.25, 0.3) is 0 Å². The first-order valence-electron chi connectivity index (χ1n) is 6.51. The van der Waals surface area contributed by atoms with Crippen molar-refractivity contribution in [3.8, 4) is 0 Å². The zero-order chi connectivity index (χ0) is 12.9. The first-order valence-corrected chi connectivity index (χ1v) is 6.51. The van der Waals surface area contributed by atoms with Gasteiger partial charge in [-0.05, 0) is 40.3 Å². The van der Waals surface area contributed by atoms with E-state index in [0.717, 1.165) is 13.0 Å². The summed E-state index contributed by atoms with van der Waals surface area (Å²) in [5.74, 6) is -0.181. The number of hydrogen-bond donors (Lipinski definition) is 1. The van der Waals surface area contributed by atoms with Gasteiger partial charge < -0.3 is 15.0 Å². The molecule has 0 amide bonds. The van der Waals surface area contributed by atoms with Crippen molar-refractivity contribution < 1.29 is 9.53 Å². The molecule has 0 bridgehead atoms. The van der Waals surface area contributed by atoms with Crippen LogP contribution in [0.1, 0.15) is 39.0 Å². The molecular weight excluding hydrogens is 216 g/mol. The van der Waals surface area contributed by atoms with Crippen molar-refractivity contribution in [1.82, 2.24) is 10.2 Å². The monoisotopic (exact) mass is 242 g/mol. The molecule has 1 rings (SSSR count). The molecule has 4 heteroatoms. The lowest BCUT2D eigenvalue weighted by Crippen LogP contribution is -2.50. The van der Waals surface area contributed by atoms with E-state index in [4.69, 9.17) is 4.74 Å². The van der Waals surface area contributed by atoms with Gasteiger partial charge in [0.05, 0.1) is 7.11 Å². The van der Waals surface area contributed by atoms with Gasteiger partial charge >= 0.3 is 5.97 Å². The number of carbonyl (C=O) groups excluding carboxylic acids is 1. The minimum atomic E-state index is -0.568. The Morgan fingerprint density at radius 2 is 2.06 bits per heavy atom. The highest BCUT2D eigenvalue weighted by Gasteiger charge is 2.33. The van der Waals surface area contributed by atoms with Crippen molar-refractivity contribution in [2.45, 2.75) is 50.6 Å². The Morgan fingerprint density at radius 3 is 2.53 bits per heavy atom. The van der Waals surface area contributed by atoms with Gasteiger partial charge in [-0.25, -0.2) is 0 Å². The summed E-state index contributed by atoms with van der Waals surface area (Å²) in [6, 6.07) is 0.703. The predicted molar refractivity (Wildman–Crippen MR) is 69.0 cm³/mol. The summed E-state index contributed by atoms with van der Waals surface area (Å²) < 4.78 is 4.84. The Labute approximate surface area is 105 Å². The number of rotatable bonds is 6. The van der Waals surface area contributed by atoms with Crippen LogP contribution in [0.5, 0.6) is 0 Å². The predicted octanol–water partition coefficient (Wildman–Crippen LogP) is 1.40. The van der Waals surface area contributed by atoms with Crippen molar-refractivity contribution in [1.29, 1.82) is 0 Å². The molecule has 0 saturated heterocycles. The van der Waals surface area contributed by atoms with Crippen LogP contribution in [0.2, 0.25) is 0 Å². The Bertz CT molecular complexity index is 252. The number of likely N-dealkylation sites (N-methyl/N-ethyl adjacent to an activating group) is 1. The highest BCUT2D eigenvalue weighted by molar-refractivity contribution is 5.80. The first kappa shape index (κ1) is 14.5. The molecule has 0 spiro atoms.